The molecule has 0 saturated heterocycles. The summed E-state index contributed by atoms with van der Waals surface area (Å²) >= 11 is 0. The summed E-state index contributed by atoms with van der Waals surface area (Å²) in [5.74, 6) is 1.15. The van der Waals surface area contributed by atoms with Gasteiger partial charge in [-0.1, -0.05) is 19.8 Å². The third kappa shape index (κ3) is 2.93. The van der Waals surface area contributed by atoms with E-state index >= 15 is 0 Å². The molecule has 66 valence electrons. The van der Waals surface area contributed by atoms with Gasteiger partial charge in [0, 0.05) is 17.3 Å². The summed E-state index contributed by atoms with van der Waals surface area (Å²) in [7, 11) is 0.0915. The SMILES string of the molecule is CCCCCC1=S(N)CCN1. The molecule has 11 heavy (non-hydrogen) atoms. The summed E-state index contributed by atoms with van der Waals surface area (Å²) in [6, 6.07) is 0. The molecule has 3 heteroatoms. The van der Waals surface area contributed by atoms with Crippen molar-refractivity contribution in [2.45, 2.75) is 32.6 Å². The summed E-state index contributed by atoms with van der Waals surface area (Å²) < 4.78 is 0. The number of unbranched alkanes of at least 4 members (excludes halogenated alkanes) is 2. The maximum atomic E-state index is 5.89. The summed E-state index contributed by atoms with van der Waals surface area (Å²) in [6.07, 6.45) is 5.14. The van der Waals surface area contributed by atoms with E-state index in [2.05, 4.69) is 12.2 Å². The van der Waals surface area contributed by atoms with Crippen molar-refractivity contribution in [1.29, 1.82) is 0 Å². The highest BCUT2D eigenvalue weighted by molar-refractivity contribution is 8.14. The molecular formula is C8H18N2S. The van der Waals surface area contributed by atoms with E-state index in [0.717, 1.165) is 12.3 Å². The summed E-state index contributed by atoms with van der Waals surface area (Å²) in [5.41, 5.74) is 0. The van der Waals surface area contributed by atoms with Crippen LogP contribution in [0.4, 0.5) is 0 Å². The van der Waals surface area contributed by atoms with E-state index in [4.69, 9.17) is 5.14 Å². The Morgan fingerprint density at radius 1 is 1.55 bits per heavy atom. The van der Waals surface area contributed by atoms with Crippen LogP contribution in [0, 0.1) is 0 Å². The first kappa shape index (κ1) is 9.23. The fourth-order valence-electron chi connectivity index (χ4n) is 1.27. The van der Waals surface area contributed by atoms with E-state index < -0.39 is 0 Å². The lowest BCUT2D eigenvalue weighted by Crippen LogP contribution is -2.18. The molecule has 0 spiro atoms. The van der Waals surface area contributed by atoms with Gasteiger partial charge in [0.2, 0.25) is 0 Å². The van der Waals surface area contributed by atoms with Crippen molar-refractivity contribution in [3.8, 4) is 0 Å². The minimum atomic E-state index is 0.0915. The highest BCUT2D eigenvalue weighted by Gasteiger charge is 2.08. The normalized spacial score (nSPS) is 24.5. The number of nitrogens with one attached hydrogen (secondary N) is 1. The summed E-state index contributed by atoms with van der Waals surface area (Å²) in [4.78, 5) is 1.42. The molecule has 2 nitrogen and oxygen atoms in total. The van der Waals surface area contributed by atoms with E-state index in [0.29, 0.717) is 0 Å². The molecule has 1 atom stereocenters. The average Bonchev–Trinajstić information content (AvgIpc) is 2.37. The molecule has 0 fully saturated rings. The topological polar surface area (TPSA) is 38.0 Å². The molecule has 1 aliphatic rings. The minimum Gasteiger partial charge on any atom is -0.286 e. The van der Waals surface area contributed by atoms with Gasteiger partial charge < -0.3 is 0 Å². The Morgan fingerprint density at radius 3 is 2.91 bits per heavy atom. The van der Waals surface area contributed by atoms with Crippen LogP contribution in [0.5, 0.6) is 0 Å². The standard InChI is InChI=1S/C8H18N2S/c1-2-3-4-5-8-10-6-7-11(8)9/h10H,2-7,9H2,1H3. The lowest BCUT2D eigenvalue weighted by Gasteiger charge is -2.02. The number of hydrogen-bond donors (Lipinski definition) is 2. The van der Waals surface area contributed by atoms with Gasteiger partial charge >= 0.3 is 0 Å². The van der Waals surface area contributed by atoms with Crippen LogP contribution in [-0.2, 0) is 0 Å². The molecule has 1 heterocycles. The fraction of sp³-hybridized carbons (Fsp3) is 0.875. The highest BCUT2D eigenvalue weighted by atomic mass is 32.2. The van der Waals surface area contributed by atoms with Crippen LogP contribution in [-0.4, -0.2) is 17.3 Å². The Labute approximate surface area is 71.6 Å². The Kier molecular flexibility index (Phi) is 4.12. The van der Waals surface area contributed by atoms with E-state index in [9.17, 15) is 0 Å². The van der Waals surface area contributed by atoms with Crippen molar-refractivity contribution in [3.05, 3.63) is 0 Å². The predicted octanol–water partition coefficient (Wildman–Crippen LogP) is 1.44. The van der Waals surface area contributed by atoms with Gasteiger partial charge in [0.05, 0.1) is 0 Å². The maximum absolute atomic E-state index is 5.89. The van der Waals surface area contributed by atoms with Gasteiger partial charge in [-0.05, 0) is 12.8 Å². The van der Waals surface area contributed by atoms with Crippen LogP contribution >= 0.6 is 10.7 Å². The Hall–Kier alpha value is 0.140. The second-order valence-corrected chi connectivity index (χ2v) is 4.70. The summed E-state index contributed by atoms with van der Waals surface area (Å²) in [5, 5.41) is 9.26. The van der Waals surface area contributed by atoms with Crippen molar-refractivity contribution in [1.82, 2.24) is 5.32 Å². The Balaban J connectivity index is 2.20. The highest BCUT2D eigenvalue weighted by Crippen LogP contribution is 2.12. The molecule has 1 unspecified atom stereocenters. The number of nitrogens with two attached hydrogens (primary N) is 1. The van der Waals surface area contributed by atoms with Crippen LogP contribution in [0.15, 0.2) is 0 Å². The zero-order valence-electron chi connectivity index (χ0n) is 7.23. The third-order valence-corrected chi connectivity index (χ3v) is 3.59. The smallest absolute Gasteiger partial charge is 0.0291 e. The van der Waals surface area contributed by atoms with Gasteiger partial charge in [-0.15, -0.1) is 10.7 Å². The lowest BCUT2D eigenvalue weighted by atomic mass is 10.2. The molecule has 0 aromatic heterocycles. The van der Waals surface area contributed by atoms with Crippen molar-refractivity contribution in [2.24, 2.45) is 5.14 Å². The molecule has 0 aliphatic carbocycles. The van der Waals surface area contributed by atoms with Crippen molar-refractivity contribution in [2.75, 3.05) is 12.3 Å². The third-order valence-electron chi connectivity index (χ3n) is 1.97. The Bertz CT molecular complexity index is 154. The van der Waals surface area contributed by atoms with Crippen molar-refractivity contribution < 1.29 is 0 Å². The molecule has 0 aromatic rings. The van der Waals surface area contributed by atoms with E-state index in [-0.39, 0.29) is 10.7 Å². The second kappa shape index (κ2) is 4.91. The first-order valence-corrected chi connectivity index (χ1v) is 5.85. The van der Waals surface area contributed by atoms with Gasteiger partial charge in [0.15, 0.2) is 0 Å². The van der Waals surface area contributed by atoms with Gasteiger partial charge in [0.25, 0.3) is 0 Å². The van der Waals surface area contributed by atoms with Crippen molar-refractivity contribution in [3.63, 3.8) is 0 Å². The molecule has 1 rings (SSSR count). The molecular weight excluding hydrogens is 156 g/mol. The number of rotatable bonds is 4. The maximum Gasteiger partial charge on any atom is 0.0291 e. The largest absolute Gasteiger partial charge is 0.286 e. The van der Waals surface area contributed by atoms with Crippen molar-refractivity contribution >= 4 is 15.7 Å². The zero-order chi connectivity index (χ0) is 8.10. The molecule has 0 amide bonds. The first-order valence-electron chi connectivity index (χ1n) is 4.39. The minimum absolute atomic E-state index is 0.0915. The van der Waals surface area contributed by atoms with Crippen LogP contribution in [0.2, 0.25) is 0 Å². The van der Waals surface area contributed by atoms with Crippen LogP contribution in [0.25, 0.3) is 0 Å². The summed E-state index contributed by atoms with van der Waals surface area (Å²) in [6.45, 7) is 3.33. The lowest BCUT2D eigenvalue weighted by molar-refractivity contribution is 0.736. The fourth-order valence-corrected chi connectivity index (χ4v) is 2.53. The quantitative estimate of drug-likeness (QED) is 0.500. The van der Waals surface area contributed by atoms with Gasteiger partial charge in [-0.25, -0.2) is 0 Å². The van der Waals surface area contributed by atoms with Crippen LogP contribution < -0.4 is 10.5 Å². The Morgan fingerprint density at radius 2 is 2.36 bits per heavy atom. The monoisotopic (exact) mass is 174 g/mol. The number of hydrogen-bond acceptors (Lipinski definition) is 2. The molecule has 0 bridgehead atoms. The first-order chi connectivity index (χ1) is 5.34. The molecule has 0 radical (unpaired) electrons. The van der Waals surface area contributed by atoms with Gasteiger partial charge in [0.1, 0.15) is 0 Å². The average molecular weight is 174 g/mol. The van der Waals surface area contributed by atoms with Crippen LogP contribution in [0.3, 0.4) is 0 Å². The van der Waals surface area contributed by atoms with Gasteiger partial charge in [-0.3, -0.25) is 10.5 Å². The van der Waals surface area contributed by atoms with E-state index in [1.807, 2.05) is 0 Å². The molecule has 0 aromatic carbocycles. The van der Waals surface area contributed by atoms with E-state index in [1.54, 1.807) is 0 Å². The molecule has 1 aliphatic heterocycles. The van der Waals surface area contributed by atoms with Crippen LogP contribution in [0.1, 0.15) is 32.6 Å². The van der Waals surface area contributed by atoms with Gasteiger partial charge in [-0.2, -0.15) is 0 Å². The predicted molar refractivity (Wildman–Crippen MR) is 53.8 cm³/mol. The molecule has 0 saturated carbocycles. The molecule has 3 N–H and O–H groups in total. The zero-order valence-corrected chi connectivity index (χ0v) is 8.04. The van der Waals surface area contributed by atoms with E-state index in [1.165, 1.54) is 30.7 Å². The second-order valence-electron chi connectivity index (χ2n) is 2.94.